The molecule has 9 nitrogen and oxygen atoms in total. The summed E-state index contributed by atoms with van der Waals surface area (Å²) in [5, 5.41) is 11.5. The minimum atomic E-state index is -0.522. The zero-order chi connectivity index (χ0) is 20.6. The zero-order valence-corrected chi connectivity index (χ0v) is 16.8. The van der Waals surface area contributed by atoms with Gasteiger partial charge in [-0.2, -0.15) is 0 Å². The van der Waals surface area contributed by atoms with Gasteiger partial charge in [-0.15, -0.1) is 0 Å². The van der Waals surface area contributed by atoms with Crippen molar-refractivity contribution in [2.24, 2.45) is 0 Å². The van der Waals surface area contributed by atoms with Crippen LogP contribution >= 0.6 is 11.6 Å². The lowest BCUT2D eigenvalue weighted by atomic mass is 10.1. The fourth-order valence-corrected chi connectivity index (χ4v) is 4.01. The SMILES string of the molecule is C[C@]1(CN2CCN(C(=O)Cc3ccc(Cl)cc3)CC2)Cn2cc([N+](=O)[O-])nc2O1. The Hall–Kier alpha value is -2.65. The molecule has 1 amide bonds. The maximum atomic E-state index is 12.6. The minimum absolute atomic E-state index is 0.114. The van der Waals surface area contributed by atoms with Crippen LogP contribution < -0.4 is 4.74 Å². The van der Waals surface area contributed by atoms with Gasteiger partial charge in [0, 0.05) is 42.7 Å². The molecule has 0 bridgehead atoms. The lowest BCUT2D eigenvalue weighted by Gasteiger charge is -2.38. The molecule has 1 atom stereocenters. The van der Waals surface area contributed by atoms with E-state index in [0.29, 0.717) is 37.6 Å². The second-order valence-corrected chi connectivity index (χ2v) is 8.22. The molecule has 29 heavy (non-hydrogen) atoms. The van der Waals surface area contributed by atoms with Crippen LogP contribution in [0.1, 0.15) is 12.5 Å². The number of piperazine rings is 1. The van der Waals surface area contributed by atoms with Gasteiger partial charge in [0.25, 0.3) is 0 Å². The molecule has 0 aliphatic carbocycles. The highest BCUT2D eigenvalue weighted by atomic mass is 35.5. The van der Waals surface area contributed by atoms with E-state index >= 15 is 0 Å². The summed E-state index contributed by atoms with van der Waals surface area (Å²) in [6, 6.07) is 7.63. The molecule has 10 heteroatoms. The smallest absolute Gasteiger partial charge is 0.415 e. The van der Waals surface area contributed by atoms with Crippen molar-refractivity contribution in [3.05, 3.63) is 51.2 Å². The van der Waals surface area contributed by atoms with E-state index in [1.165, 1.54) is 6.20 Å². The maximum Gasteiger partial charge on any atom is 0.415 e. The number of carbonyl (C=O) groups is 1. The van der Waals surface area contributed by atoms with Crippen molar-refractivity contribution < 1.29 is 14.5 Å². The van der Waals surface area contributed by atoms with Crippen molar-refractivity contribution in [2.75, 3.05) is 32.7 Å². The number of halogens is 1. The highest BCUT2D eigenvalue weighted by Crippen LogP contribution is 2.31. The Bertz CT molecular complexity index is 898. The summed E-state index contributed by atoms with van der Waals surface area (Å²) in [5.74, 6) is -0.0855. The van der Waals surface area contributed by atoms with Crippen molar-refractivity contribution in [1.82, 2.24) is 19.4 Å². The molecule has 0 saturated carbocycles. The van der Waals surface area contributed by atoms with Crippen LogP contribution in [0.3, 0.4) is 0 Å². The summed E-state index contributed by atoms with van der Waals surface area (Å²) in [7, 11) is 0. The molecule has 1 saturated heterocycles. The molecular formula is C19H22ClN5O4. The number of carbonyl (C=O) groups excluding carboxylic acids is 1. The van der Waals surface area contributed by atoms with Crippen LogP contribution in [0.4, 0.5) is 5.82 Å². The van der Waals surface area contributed by atoms with Gasteiger partial charge in [0.15, 0.2) is 0 Å². The van der Waals surface area contributed by atoms with E-state index in [9.17, 15) is 14.9 Å². The molecule has 4 rings (SSSR count). The lowest BCUT2D eigenvalue weighted by Crippen LogP contribution is -2.54. The fraction of sp³-hybridized carbons (Fsp3) is 0.474. The van der Waals surface area contributed by atoms with Crippen LogP contribution in [-0.4, -0.2) is 68.5 Å². The summed E-state index contributed by atoms with van der Waals surface area (Å²) in [6.07, 6.45) is 1.78. The standard InChI is InChI=1S/C19H22ClN5O4/c1-19(13-24-11-16(25(27)28)21-18(24)29-19)12-22-6-8-23(9-7-22)17(26)10-14-2-4-15(20)5-3-14/h2-5,11H,6-10,12-13H2,1H3/t19-/m0/s1. The Morgan fingerprint density at radius 2 is 1.97 bits per heavy atom. The third-order valence-electron chi connectivity index (χ3n) is 5.31. The summed E-state index contributed by atoms with van der Waals surface area (Å²) >= 11 is 5.89. The molecular weight excluding hydrogens is 398 g/mol. The van der Waals surface area contributed by atoms with Crippen LogP contribution in [-0.2, 0) is 17.8 Å². The predicted octanol–water partition coefficient (Wildman–Crippen LogP) is 1.98. The Balaban J connectivity index is 1.27. The third-order valence-corrected chi connectivity index (χ3v) is 5.56. The van der Waals surface area contributed by atoms with E-state index < -0.39 is 10.5 Å². The number of nitrogens with zero attached hydrogens (tertiary/aromatic N) is 5. The molecule has 154 valence electrons. The molecule has 1 aromatic carbocycles. The molecule has 0 N–H and O–H groups in total. The highest BCUT2D eigenvalue weighted by Gasteiger charge is 2.41. The lowest BCUT2D eigenvalue weighted by molar-refractivity contribution is -0.389. The Morgan fingerprint density at radius 3 is 2.59 bits per heavy atom. The van der Waals surface area contributed by atoms with Gasteiger partial charge in [-0.25, -0.2) is 0 Å². The second kappa shape index (κ2) is 7.64. The van der Waals surface area contributed by atoms with Gasteiger partial charge >= 0.3 is 11.8 Å². The molecule has 0 radical (unpaired) electrons. The van der Waals surface area contributed by atoms with E-state index in [2.05, 4.69) is 9.88 Å². The first-order chi connectivity index (χ1) is 13.8. The van der Waals surface area contributed by atoms with Gasteiger partial charge in [0.2, 0.25) is 5.91 Å². The molecule has 0 unspecified atom stereocenters. The van der Waals surface area contributed by atoms with Gasteiger partial charge in [0.1, 0.15) is 11.8 Å². The van der Waals surface area contributed by atoms with Crippen molar-refractivity contribution in [3.63, 3.8) is 0 Å². The minimum Gasteiger partial charge on any atom is -0.436 e. The Morgan fingerprint density at radius 1 is 1.28 bits per heavy atom. The van der Waals surface area contributed by atoms with Gasteiger partial charge < -0.3 is 19.8 Å². The molecule has 3 heterocycles. The molecule has 1 aromatic heterocycles. The first-order valence-corrected chi connectivity index (χ1v) is 9.84. The van der Waals surface area contributed by atoms with E-state index in [1.807, 2.05) is 24.0 Å². The normalized spacial score (nSPS) is 21.7. The van der Waals surface area contributed by atoms with Crippen LogP contribution in [0.25, 0.3) is 0 Å². The fourth-order valence-electron chi connectivity index (χ4n) is 3.88. The Kier molecular flexibility index (Phi) is 5.18. The third kappa shape index (κ3) is 4.35. The average Bonchev–Trinajstić information content (AvgIpc) is 3.19. The number of fused-ring (bicyclic) bond motifs is 1. The Labute approximate surface area is 173 Å². The van der Waals surface area contributed by atoms with Crippen LogP contribution in [0, 0.1) is 10.1 Å². The molecule has 2 aromatic rings. The van der Waals surface area contributed by atoms with E-state index in [-0.39, 0.29) is 17.7 Å². The van der Waals surface area contributed by atoms with Gasteiger partial charge in [0.05, 0.1) is 13.0 Å². The topological polar surface area (TPSA) is 93.7 Å². The summed E-state index contributed by atoms with van der Waals surface area (Å²) in [4.78, 5) is 30.9. The number of rotatable bonds is 5. The number of ether oxygens (including phenoxy) is 1. The van der Waals surface area contributed by atoms with Gasteiger partial charge in [-0.1, -0.05) is 23.7 Å². The zero-order valence-electron chi connectivity index (χ0n) is 16.1. The molecule has 0 spiro atoms. The first kappa shape index (κ1) is 19.7. The monoisotopic (exact) mass is 419 g/mol. The summed E-state index contributed by atoms with van der Waals surface area (Å²) in [5.41, 5.74) is 0.463. The second-order valence-electron chi connectivity index (χ2n) is 7.78. The van der Waals surface area contributed by atoms with Crippen LogP contribution in [0.15, 0.2) is 30.5 Å². The molecule has 2 aliphatic heterocycles. The predicted molar refractivity (Wildman–Crippen MR) is 106 cm³/mol. The van der Waals surface area contributed by atoms with Crippen molar-refractivity contribution >= 4 is 23.3 Å². The summed E-state index contributed by atoms with van der Waals surface area (Å²) < 4.78 is 7.59. The van der Waals surface area contributed by atoms with Crippen molar-refractivity contribution in [2.45, 2.75) is 25.5 Å². The highest BCUT2D eigenvalue weighted by molar-refractivity contribution is 6.30. The first-order valence-electron chi connectivity index (χ1n) is 9.46. The van der Waals surface area contributed by atoms with Gasteiger partial charge in [-0.05, 0) is 29.5 Å². The van der Waals surface area contributed by atoms with Gasteiger partial charge in [-0.3, -0.25) is 14.3 Å². The van der Waals surface area contributed by atoms with E-state index in [1.54, 1.807) is 16.7 Å². The number of benzene rings is 1. The van der Waals surface area contributed by atoms with Crippen LogP contribution in [0.2, 0.25) is 5.02 Å². The quantitative estimate of drug-likeness (QED) is 0.543. The number of hydrogen-bond donors (Lipinski definition) is 0. The number of nitro groups is 1. The average molecular weight is 420 g/mol. The maximum absolute atomic E-state index is 12.6. The summed E-state index contributed by atoms with van der Waals surface area (Å²) in [6.45, 7) is 6.01. The van der Waals surface area contributed by atoms with E-state index in [4.69, 9.17) is 16.3 Å². The molecule has 2 aliphatic rings. The number of hydrogen-bond acceptors (Lipinski definition) is 6. The van der Waals surface area contributed by atoms with Crippen LogP contribution in [0.5, 0.6) is 6.01 Å². The number of aromatic nitrogens is 2. The van der Waals surface area contributed by atoms with E-state index in [0.717, 1.165) is 18.7 Å². The largest absolute Gasteiger partial charge is 0.436 e. The van der Waals surface area contributed by atoms with Crippen molar-refractivity contribution in [3.8, 4) is 6.01 Å². The molecule has 1 fully saturated rings. The number of imidazole rings is 1. The van der Waals surface area contributed by atoms with Crippen molar-refractivity contribution in [1.29, 1.82) is 0 Å². The number of amides is 1.